The molecular weight excluding hydrogens is 188 g/mol. The van der Waals surface area contributed by atoms with Gasteiger partial charge >= 0.3 is 0 Å². The molecule has 15 heavy (non-hydrogen) atoms. The maximum absolute atomic E-state index is 5.60. The van der Waals surface area contributed by atoms with E-state index in [1.807, 2.05) is 0 Å². The molecule has 1 fully saturated rings. The normalized spacial score (nSPS) is 22.2. The predicted molar refractivity (Wildman–Crippen MR) is 64.2 cm³/mol. The number of hydrogen-bond acceptors (Lipinski definition) is 3. The second-order valence-electron chi connectivity index (χ2n) is 4.79. The average molecular weight is 214 g/mol. The van der Waals surface area contributed by atoms with Gasteiger partial charge in [0.25, 0.3) is 0 Å². The van der Waals surface area contributed by atoms with Crippen LogP contribution in [0.15, 0.2) is 0 Å². The second-order valence-corrected chi connectivity index (χ2v) is 4.79. The number of morpholine rings is 1. The summed E-state index contributed by atoms with van der Waals surface area (Å²) < 4.78 is 5.60. The Kier molecular flexibility index (Phi) is 6.98. The fraction of sp³-hybridized carbons (Fsp3) is 1.00. The minimum absolute atomic E-state index is 0.379. The monoisotopic (exact) mass is 214 g/mol. The summed E-state index contributed by atoms with van der Waals surface area (Å²) in [5.74, 6) is 0.843. The Bertz CT molecular complexity index is 145. The summed E-state index contributed by atoms with van der Waals surface area (Å²) in [6.07, 6.45) is 4.36. The molecule has 1 rings (SSSR count). The molecule has 0 aliphatic carbocycles. The Balaban J connectivity index is 1.83. The average Bonchev–Trinajstić information content (AvgIpc) is 2.24. The molecule has 1 aliphatic heterocycles. The van der Waals surface area contributed by atoms with Crippen LogP contribution in [0.5, 0.6) is 0 Å². The Labute approximate surface area is 94.0 Å². The smallest absolute Gasteiger partial charge is 0.0824 e. The van der Waals surface area contributed by atoms with Crippen molar-refractivity contribution in [3.63, 3.8) is 0 Å². The van der Waals surface area contributed by atoms with Crippen LogP contribution in [-0.2, 0) is 4.74 Å². The van der Waals surface area contributed by atoms with Gasteiger partial charge in [-0.2, -0.15) is 0 Å². The van der Waals surface area contributed by atoms with Crippen LogP contribution in [0.4, 0.5) is 0 Å². The highest BCUT2D eigenvalue weighted by molar-refractivity contribution is 4.69. The van der Waals surface area contributed by atoms with Gasteiger partial charge in [-0.05, 0) is 18.9 Å². The molecule has 0 aromatic heterocycles. The van der Waals surface area contributed by atoms with Gasteiger partial charge in [-0.1, -0.05) is 26.7 Å². The molecule has 0 radical (unpaired) electrons. The summed E-state index contributed by atoms with van der Waals surface area (Å²) in [5, 5.41) is 6.80. The highest BCUT2D eigenvalue weighted by Crippen LogP contribution is 2.05. The fourth-order valence-electron chi connectivity index (χ4n) is 1.82. The second kappa shape index (κ2) is 8.08. The van der Waals surface area contributed by atoms with Crippen LogP contribution >= 0.6 is 0 Å². The zero-order valence-corrected chi connectivity index (χ0v) is 10.2. The van der Waals surface area contributed by atoms with E-state index in [-0.39, 0.29) is 0 Å². The Morgan fingerprint density at radius 3 is 2.93 bits per heavy atom. The van der Waals surface area contributed by atoms with E-state index >= 15 is 0 Å². The molecule has 3 nitrogen and oxygen atoms in total. The number of ether oxygens (including phenoxy) is 1. The molecule has 0 bridgehead atoms. The largest absolute Gasteiger partial charge is 0.374 e. The van der Waals surface area contributed by atoms with Crippen LogP contribution in [0.1, 0.15) is 33.1 Å². The summed E-state index contributed by atoms with van der Waals surface area (Å²) in [7, 11) is 0. The predicted octanol–water partition coefficient (Wildman–Crippen LogP) is 1.39. The molecular formula is C12H26N2O. The first-order valence-electron chi connectivity index (χ1n) is 6.32. The molecule has 1 unspecified atom stereocenters. The van der Waals surface area contributed by atoms with Gasteiger partial charge in [0, 0.05) is 19.6 Å². The van der Waals surface area contributed by atoms with E-state index in [1.54, 1.807) is 0 Å². The van der Waals surface area contributed by atoms with Gasteiger partial charge in [-0.15, -0.1) is 0 Å². The van der Waals surface area contributed by atoms with Crippen molar-refractivity contribution in [3.05, 3.63) is 0 Å². The zero-order chi connectivity index (χ0) is 10.9. The Morgan fingerprint density at radius 1 is 1.40 bits per heavy atom. The van der Waals surface area contributed by atoms with Gasteiger partial charge < -0.3 is 15.4 Å². The third-order valence-corrected chi connectivity index (χ3v) is 2.76. The van der Waals surface area contributed by atoms with Gasteiger partial charge in [-0.3, -0.25) is 0 Å². The van der Waals surface area contributed by atoms with Crippen LogP contribution in [0.25, 0.3) is 0 Å². The van der Waals surface area contributed by atoms with E-state index in [4.69, 9.17) is 4.74 Å². The Hall–Kier alpha value is -0.120. The molecule has 1 aliphatic rings. The minimum Gasteiger partial charge on any atom is -0.374 e. The lowest BCUT2D eigenvalue weighted by atomic mass is 10.1. The Morgan fingerprint density at radius 2 is 2.27 bits per heavy atom. The number of rotatable bonds is 7. The highest BCUT2D eigenvalue weighted by atomic mass is 16.5. The van der Waals surface area contributed by atoms with E-state index in [1.165, 1.54) is 19.3 Å². The molecule has 0 saturated carbocycles. The van der Waals surface area contributed by atoms with Crippen molar-refractivity contribution in [2.75, 3.05) is 32.8 Å². The molecule has 1 saturated heterocycles. The first-order chi connectivity index (χ1) is 7.29. The lowest BCUT2D eigenvalue weighted by Crippen LogP contribution is -2.44. The van der Waals surface area contributed by atoms with Crippen molar-refractivity contribution in [1.29, 1.82) is 0 Å². The van der Waals surface area contributed by atoms with E-state index < -0.39 is 0 Å². The maximum atomic E-state index is 5.60. The first-order valence-corrected chi connectivity index (χ1v) is 6.32. The van der Waals surface area contributed by atoms with E-state index in [0.717, 1.165) is 38.7 Å². The molecule has 1 atom stereocenters. The van der Waals surface area contributed by atoms with Crippen LogP contribution in [0.2, 0.25) is 0 Å². The molecule has 90 valence electrons. The molecule has 0 amide bonds. The fourth-order valence-corrected chi connectivity index (χ4v) is 1.82. The minimum atomic E-state index is 0.379. The third-order valence-electron chi connectivity index (χ3n) is 2.76. The zero-order valence-electron chi connectivity index (χ0n) is 10.2. The van der Waals surface area contributed by atoms with E-state index in [2.05, 4.69) is 24.5 Å². The number of nitrogens with one attached hydrogen (secondary N) is 2. The quantitative estimate of drug-likeness (QED) is 0.628. The topological polar surface area (TPSA) is 33.3 Å². The molecule has 0 aromatic carbocycles. The molecule has 1 heterocycles. The molecule has 0 aromatic rings. The van der Waals surface area contributed by atoms with Gasteiger partial charge in [0.2, 0.25) is 0 Å². The van der Waals surface area contributed by atoms with Crippen LogP contribution in [0, 0.1) is 5.92 Å². The van der Waals surface area contributed by atoms with Gasteiger partial charge in [-0.25, -0.2) is 0 Å². The van der Waals surface area contributed by atoms with Gasteiger partial charge in [0.15, 0.2) is 0 Å². The van der Waals surface area contributed by atoms with Crippen molar-refractivity contribution in [3.8, 4) is 0 Å². The molecule has 2 N–H and O–H groups in total. The van der Waals surface area contributed by atoms with E-state index in [9.17, 15) is 0 Å². The maximum Gasteiger partial charge on any atom is 0.0824 e. The summed E-state index contributed by atoms with van der Waals surface area (Å²) in [6.45, 7) is 9.56. The SMILES string of the molecule is CC(C)CCCCNCC1CNCCO1. The van der Waals surface area contributed by atoms with Crippen molar-refractivity contribution >= 4 is 0 Å². The lowest BCUT2D eigenvalue weighted by Gasteiger charge is -2.23. The summed E-state index contributed by atoms with van der Waals surface area (Å²) >= 11 is 0. The number of hydrogen-bond donors (Lipinski definition) is 2. The molecule has 3 heteroatoms. The highest BCUT2D eigenvalue weighted by Gasteiger charge is 2.11. The van der Waals surface area contributed by atoms with Crippen LogP contribution in [0.3, 0.4) is 0 Å². The summed E-state index contributed by atoms with van der Waals surface area (Å²) in [4.78, 5) is 0. The van der Waals surface area contributed by atoms with E-state index in [0.29, 0.717) is 6.10 Å². The summed E-state index contributed by atoms with van der Waals surface area (Å²) in [6, 6.07) is 0. The van der Waals surface area contributed by atoms with Crippen molar-refractivity contribution in [2.45, 2.75) is 39.2 Å². The van der Waals surface area contributed by atoms with Crippen molar-refractivity contribution in [1.82, 2.24) is 10.6 Å². The summed E-state index contributed by atoms with van der Waals surface area (Å²) in [5.41, 5.74) is 0. The number of unbranched alkanes of at least 4 members (excludes halogenated alkanes) is 1. The van der Waals surface area contributed by atoms with Gasteiger partial charge in [0.05, 0.1) is 12.7 Å². The van der Waals surface area contributed by atoms with Crippen LogP contribution < -0.4 is 10.6 Å². The third kappa shape index (κ3) is 6.88. The van der Waals surface area contributed by atoms with Gasteiger partial charge in [0.1, 0.15) is 0 Å². The van der Waals surface area contributed by atoms with Crippen molar-refractivity contribution < 1.29 is 4.74 Å². The van der Waals surface area contributed by atoms with Crippen LogP contribution in [-0.4, -0.2) is 38.9 Å². The lowest BCUT2D eigenvalue weighted by molar-refractivity contribution is 0.0293. The first kappa shape index (κ1) is 12.9. The molecule has 0 spiro atoms. The standard InChI is InChI=1S/C12H26N2O/c1-11(2)5-3-4-6-13-9-12-10-14-7-8-15-12/h11-14H,3-10H2,1-2H3. The van der Waals surface area contributed by atoms with Crippen molar-refractivity contribution in [2.24, 2.45) is 5.92 Å².